The zero-order valence-corrected chi connectivity index (χ0v) is 26.2. The molecule has 12 nitrogen and oxygen atoms in total. The predicted molar refractivity (Wildman–Crippen MR) is 158 cm³/mol. The van der Waals surface area contributed by atoms with Gasteiger partial charge >= 0.3 is 5.97 Å². The maximum atomic E-state index is 13.8. The summed E-state index contributed by atoms with van der Waals surface area (Å²) in [7, 11) is 7.90. The van der Waals surface area contributed by atoms with Crippen molar-refractivity contribution >= 4 is 23.7 Å². The average molecular weight is 604 g/mol. The van der Waals surface area contributed by atoms with Crippen LogP contribution in [-0.2, 0) is 19.2 Å². The van der Waals surface area contributed by atoms with E-state index in [-0.39, 0.29) is 56.9 Å². The minimum atomic E-state index is -0.994. The molecule has 1 aromatic rings. The highest BCUT2D eigenvalue weighted by atomic mass is 16.7. The van der Waals surface area contributed by atoms with Crippen molar-refractivity contribution in [2.45, 2.75) is 57.4 Å². The number of methoxy groups -OCH3 is 1. The van der Waals surface area contributed by atoms with Crippen LogP contribution in [-0.4, -0.2) is 128 Å². The molecule has 4 rings (SSSR count). The number of rotatable bonds is 15. The molecule has 2 saturated heterocycles. The molecule has 3 atom stereocenters. The van der Waals surface area contributed by atoms with Gasteiger partial charge in [0.15, 0.2) is 11.5 Å². The highest BCUT2D eigenvalue weighted by Gasteiger charge is 2.48. The van der Waals surface area contributed by atoms with E-state index in [0.29, 0.717) is 42.4 Å². The van der Waals surface area contributed by atoms with Gasteiger partial charge in [0, 0.05) is 57.4 Å². The summed E-state index contributed by atoms with van der Waals surface area (Å²) in [5.74, 6) is -1.45. The Morgan fingerprint density at radius 1 is 1.09 bits per heavy atom. The molecule has 0 aromatic heterocycles. The van der Waals surface area contributed by atoms with Crippen molar-refractivity contribution in [1.29, 1.82) is 0 Å². The first-order valence-corrected chi connectivity index (χ1v) is 15.3. The molecule has 1 aromatic carbocycles. The third-order valence-electron chi connectivity index (χ3n) is 8.68. The fourth-order valence-electron chi connectivity index (χ4n) is 6.41. The van der Waals surface area contributed by atoms with Crippen molar-refractivity contribution < 1.29 is 43.0 Å². The maximum Gasteiger partial charge on any atom is 0.308 e. The van der Waals surface area contributed by atoms with Gasteiger partial charge < -0.3 is 28.7 Å². The minimum Gasteiger partial charge on any atom is -0.493 e. The van der Waals surface area contributed by atoms with Gasteiger partial charge in [-0.25, -0.2) is 0 Å². The number of hydrogen-bond acceptors (Lipinski definition) is 8. The molecule has 0 spiro atoms. The summed E-state index contributed by atoms with van der Waals surface area (Å²) in [6.07, 6.45) is 3.31. The summed E-state index contributed by atoms with van der Waals surface area (Å²) in [4.78, 5) is 56.5. The van der Waals surface area contributed by atoms with Gasteiger partial charge in [0.05, 0.1) is 47.3 Å². The van der Waals surface area contributed by atoms with Gasteiger partial charge in [0.2, 0.25) is 30.3 Å². The second-order valence-corrected chi connectivity index (χ2v) is 12.8. The van der Waals surface area contributed by atoms with Crippen molar-refractivity contribution in [3.63, 3.8) is 0 Å². The van der Waals surface area contributed by atoms with E-state index in [1.807, 2.05) is 9.80 Å². The molecule has 43 heavy (non-hydrogen) atoms. The van der Waals surface area contributed by atoms with E-state index in [4.69, 9.17) is 14.2 Å². The van der Waals surface area contributed by atoms with Crippen LogP contribution >= 0.6 is 0 Å². The molecule has 2 fully saturated rings. The van der Waals surface area contributed by atoms with Gasteiger partial charge in [0.1, 0.15) is 0 Å². The van der Waals surface area contributed by atoms with E-state index < -0.39 is 23.8 Å². The summed E-state index contributed by atoms with van der Waals surface area (Å²) in [5.41, 5.74) is 0.715. The fraction of sp³-hybridized carbons (Fsp3) is 0.677. The van der Waals surface area contributed by atoms with E-state index in [0.717, 1.165) is 30.3 Å². The molecule has 12 heteroatoms. The van der Waals surface area contributed by atoms with E-state index in [1.165, 1.54) is 12.0 Å². The second kappa shape index (κ2) is 13.9. The first-order valence-electron chi connectivity index (χ1n) is 15.3. The monoisotopic (exact) mass is 603 g/mol. The highest BCUT2D eigenvalue weighted by Crippen LogP contribution is 2.47. The summed E-state index contributed by atoms with van der Waals surface area (Å²) in [5, 5.41) is 10.5. The molecule has 3 aliphatic heterocycles. The van der Waals surface area contributed by atoms with Crippen LogP contribution in [0.5, 0.6) is 17.2 Å². The zero-order valence-electron chi connectivity index (χ0n) is 26.2. The second-order valence-electron chi connectivity index (χ2n) is 12.8. The van der Waals surface area contributed by atoms with Crippen LogP contribution in [0.25, 0.3) is 0 Å². The first kappa shape index (κ1) is 32.5. The van der Waals surface area contributed by atoms with Crippen LogP contribution in [0, 0.1) is 5.92 Å². The van der Waals surface area contributed by atoms with Gasteiger partial charge in [0.25, 0.3) is 0 Å². The Kier molecular flexibility index (Phi) is 10.5. The molecule has 0 bridgehead atoms. The number of imide groups is 1. The van der Waals surface area contributed by atoms with Gasteiger partial charge in [-0.05, 0) is 30.5 Å². The predicted octanol–water partition coefficient (Wildman–Crippen LogP) is 2.16. The van der Waals surface area contributed by atoms with E-state index in [9.17, 15) is 24.3 Å². The number of carbonyl (C=O) groups excluding carboxylic acids is 3. The number of quaternary nitrogens is 1. The summed E-state index contributed by atoms with van der Waals surface area (Å²) < 4.78 is 17.5. The van der Waals surface area contributed by atoms with Gasteiger partial charge in [-0.3, -0.25) is 29.0 Å². The molecular weight excluding hydrogens is 556 g/mol. The number of hydrogen-bond donors (Lipinski definition) is 1. The Hall–Kier alpha value is -3.38. The Morgan fingerprint density at radius 3 is 2.42 bits per heavy atom. The quantitative estimate of drug-likeness (QED) is 0.237. The summed E-state index contributed by atoms with van der Waals surface area (Å²) in [6, 6.07) is 3.01. The molecule has 3 aliphatic rings. The lowest BCUT2D eigenvalue weighted by Crippen LogP contribution is -2.46. The normalized spacial score (nSPS) is 22.0. The van der Waals surface area contributed by atoms with Crippen molar-refractivity contribution in [3.05, 3.63) is 17.7 Å². The van der Waals surface area contributed by atoms with Crippen LogP contribution in [0.2, 0.25) is 0 Å². The van der Waals surface area contributed by atoms with Gasteiger partial charge in [-0.15, -0.1) is 0 Å². The molecule has 3 heterocycles. The number of fused-ring (bicyclic) bond motifs is 1. The third-order valence-corrected chi connectivity index (χ3v) is 8.68. The first-order chi connectivity index (χ1) is 20.4. The lowest BCUT2D eigenvalue weighted by Gasteiger charge is -2.31. The van der Waals surface area contributed by atoms with E-state index in [1.54, 1.807) is 12.1 Å². The molecule has 1 N–H and O–H groups in total. The van der Waals surface area contributed by atoms with Gasteiger partial charge in [-0.2, -0.15) is 0 Å². The third kappa shape index (κ3) is 7.77. The summed E-state index contributed by atoms with van der Waals surface area (Å²) in [6.45, 7) is 4.84. The number of nitrogens with zero attached hydrogens (tertiary/aromatic N) is 4. The van der Waals surface area contributed by atoms with Crippen molar-refractivity contribution in [3.8, 4) is 17.2 Å². The Labute approximate surface area is 254 Å². The Bertz CT molecular complexity index is 1180. The molecule has 0 saturated carbocycles. The number of unbranched alkanes of at least 4 members (excludes halogenated alkanes) is 1. The number of carboxylic acid groups (broad SMARTS) is 1. The average Bonchev–Trinajstić information content (AvgIpc) is 3.65. The molecule has 3 amide bonds. The van der Waals surface area contributed by atoms with Crippen molar-refractivity contribution in [1.82, 2.24) is 14.7 Å². The largest absolute Gasteiger partial charge is 0.493 e. The lowest BCUT2D eigenvalue weighted by atomic mass is 9.84. The SMILES string of the molecule is CCCCN(CCC[N+](C)(C)C)C(=O)CN1C[C@H](c2cc(OC)c3c(c2)OCO3)[C@@H](C(=O)O)[C@@H]1CCN1C(=O)CCC1=O. The highest BCUT2D eigenvalue weighted by molar-refractivity contribution is 6.01. The number of amides is 3. The van der Waals surface area contributed by atoms with Crippen molar-refractivity contribution in [2.24, 2.45) is 5.92 Å². The molecular formula is C31H47N4O8+. The number of likely N-dealkylation sites (tertiary alicyclic amines) is 2. The van der Waals surface area contributed by atoms with Crippen LogP contribution < -0.4 is 14.2 Å². The van der Waals surface area contributed by atoms with E-state index in [2.05, 4.69) is 28.1 Å². The number of carbonyl (C=O) groups is 4. The van der Waals surface area contributed by atoms with Crippen LogP contribution in [0.15, 0.2) is 12.1 Å². The lowest BCUT2D eigenvalue weighted by molar-refractivity contribution is -0.870. The summed E-state index contributed by atoms with van der Waals surface area (Å²) >= 11 is 0. The molecule has 238 valence electrons. The topological polar surface area (TPSA) is 126 Å². The maximum absolute atomic E-state index is 13.8. The number of aliphatic carboxylic acids is 1. The molecule has 0 aliphatic carbocycles. The van der Waals surface area contributed by atoms with Gasteiger partial charge in [-0.1, -0.05) is 13.3 Å². The Morgan fingerprint density at radius 2 is 1.79 bits per heavy atom. The van der Waals surface area contributed by atoms with Crippen LogP contribution in [0.3, 0.4) is 0 Å². The number of carboxylic acids is 1. The molecule has 0 unspecified atom stereocenters. The zero-order chi connectivity index (χ0) is 31.3. The van der Waals surface area contributed by atoms with Crippen molar-refractivity contribution in [2.75, 3.05) is 74.3 Å². The molecule has 0 radical (unpaired) electrons. The fourth-order valence-corrected chi connectivity index (χ4v) is 6.41. The number of benzene rings is 1. The smallest absolute Gasteiger partial charge is 0.308 e. The minimum absolute atomic E-state index is 0.0405. The number of ether oxygens (including phenoxy) is 3. The van der Waals surface area contributed by atoms with Crippen LogP contribution in [0.4, 0.5) is 0 Å². The van der Waals surface area contributed by atoms with Crippen LogP contribution in [0.1, 0.15) is 56.9 Å². The Balaban J connectivity index is 1.61. The standard InChI is InChI=1S/C31H46N4O8/c1-6-7-12-32(13-8-15-35(2,3)4)28(38)19-33-18-22(21-16-24(41-5)30-25(17-21)42-20-43-30)29(31(39)40)23(33)11-14-34-26(36)9-10-27(34)37/h16-17,22-23,29H,6-15,18-20H2,1-5H3/p+1/t22-,23+,29-/m1/s1. The van der Waals surface area contributed by atoms with E-state index >= 15 is 0 Å².